The van der Waals surface area contributed by atoms with Crippen molar-refractivity contribution in [1.29, 1.82) is 0 Å². The lowest BCUT2D eigenvalue weighted by atomic mass is 10.2. The minimum absolute atomic E-state index is 0.0340. The van der Waals surface area contributed by atoms with Crippen LogP contribution >= 0.6 is 46.1 Å². The molecule has 1 aromatic carbocycles. The van der Waals surface area contributed by atoms with Crippen LogP contribution in [0.3, 0.4) is 0 Å². The first-order valence-corrected chi connectivity index (χ1v) is 7.40. The fraction of sp³-hybridized carbons (Fsp3) is 0.154. The van der Waals surface area contributed by atoms with Crippen molar-refractivity contribution in [3.05, 3.63) is 59.6 Å². The Morgan fingerprint density at radius 3 is 2.53 bits per heavy atom. The van der Waals surface area contributed by atoms with Gasteiger partial charge in [-0.25, -0.2) is 0 Å². The van der Waals surface area contributed by atoms with Gasteiger partial charge >= 0.3 is 4.87 Å². The highest BCUT2D eigenvalue weighted by atomic mass is 35.5. The van der Waals surface area contributed by atoms with Crippen LogP contribution in [0.5, 0.6) is 0 Å². The largest absolute Gasteiger partial charge is 0.308 e. The minimum Gasteiger partial charge on any atom is -0.298 e. The first kappa shape index (κ1) is 14.7. The zero-order valence-electron chi connectivity index (χ0n) is 9.99. The van der Waals surface area contributed by atoms with Gasteiger partial charge in [-0.1, -0.05) is 58.3 Å². The number of hydrogen-bond donors (Lipinski definition) is 0. The van der Waals surface area contributed by atoms with Crippen LogP contribution in [0, 0.1) is 6.92 Å². The van der Waals surface area contributed by atoms with Gasteiger partial charge in [-0.05, 0) is 30.7 Å². The lowest BCUT2D eigenvalue weighted by molar-refractivity contribution is 0.754. The van der Waals surface area contributed by atoms with Crippen LogP contribution in [0.2, 0.25) is 5.02 Å². The molecule has 0 atom stereocenters. The lowest BCUT2D eigenvalue weighted by Gasteiger charge is -2.05. The first-order valence-electron chi connectivity index (χ1n) is 5.45. The molecular weight excluding hydrogens is 325 g/mol. The molecule has 0 N–H and O–H groups in total. The summed E-state index contributed by atoms with van der Waals surface area (Å²) in [7, 11) is 0. The van der Waals surface area contributed by atoms with E-state index in [9.17, 15) is 4.79 Å². The van der Waals surface area contributed by atoms with Gasteiger partial charge in [0.05, 0.1) is 11.4 Å². The van der Waals surface area contributed by atoms with Crippen LogP contribution in [0.1, 0.15) is 16.1 Å². The fourth-order valence-corrected chi connectivity index (χ4v) is 3.09. The normalized spacial score (nSPS) is 10.5. The SMILES string of the molecule is Cc1c(C=C(Cl)Cl)sc(=O)n1Cc1ccc(Cl)cc1. The maximum absolute atomic E-state index is 12.0. The summed E-state index contributed by atoms with van der Waals surface area (Å²) in [5, 5.41) is 0.677. The first-order chi connectivity index (χ1) is 8.97. The topological polar surface area (TPSA) is 22.0 Å². The quantitative estimate of drug-likeness (QED) is 0.797. The zero-order chi connectivity index (χ0) is 14.0. The Hall–Kier alpha value is -0.740. The molecule has 0 aliphatic carbocycles. The van der Waals surface area contributed by atoms with Crippen LogP contribution in [-0.2, 0) is 6.54 Å². The monoisotopic (exact) mass is 333 g/mol. The molecule has 2 aromatic rings. The third-order valence-electron chi connectivity index (χ3n) is 2.67. The second kappa shape index (κ2) is 6.14. The summed E-state index contributed by atoms with van der Waals surface area (Å²) in [6, 6.07) is 7.41. The maximum atomic E-state index is 12.0. The molecule has 0 saturated carbocycles. The van der Waals surface area contributed by atoms with Crippen LogP contribution in [0.25, 0.3) is 6.08 Å². The molecule has 1 aromatic heterocycles. The second-order valence-corrected chi connectivity index (χ2v) is 6.40. The summed E-state index contributed by atoms with van der Waals surface area (Å²) in [4.78, 5) is 12.7. The van der Waals surface area contributed by atoms with E-state index in [1.807, 2.05) is 19.1 Å². The summed E-state index contributed by atoms with van der Waals surface area (Å²) in [5.41, 5.74) is 1.86. The molecule has 19 heavy (non-hydrogen) atoms. The van der Waals surface area contributed by atoms with Crippen molar-refractivity contribution in [3.63, 3.8) is 0 Å². The van der Waals surface area contributed by atoms with E-state index in [1.165, 1.54) is 0 Å². The number of rotatable bonds is 3. The number of aromatic nitrogens is 1. The molecule has 0 fully saturated rings. The van der Waals surface area contributed by atoms with Crippen molar-refractivity contribution in [1.82, 2.24) is 4.57 Å². The van der Waals surface area contributed by atoms with E-state index in [2.05, 4.69) is 0 Å². The molecule has 2 rings (SSSR count). The molecule has 0 radical (unpaired) electrons. The van der Waals surface area contributed by atoms with Gasteiger partial charge in [-0.3, -0.25) is 9.36 Å². The standard InChI is InChI=1S/C13H10Cl3NOS/c1-8-11(6-12(15)16)19-13(18)17(8)7-9-2-4-10(14)5-3-9/h2-6H,7H2,1H3. The summed E-state index contributed by atoms with van der Waals surface area (Å²) < 4.78 is 1.83. The highest BCUT2D eigenvalue weighted by Gasteiger charge is 2.10. The smallest absolute Gasteiger partial charge is 0.298 e. The maximum Gasteiger partial charge on any atom is 0.308 e. The van der Waals surface area contributed by atoms with Crippen molar-refractivity contribution < 1.29 is 0 Å². The molecule has 6 heteroatoms. The highest BCUT2D eigenvalue weighted by molar-refractivity contribution is 7.10. The van der Waals surface area contributed by atoms with E-state index in [-0.39, 0.29) is 9.36 Å². The molecule has 0 bridgehead atoms. The summed E-state index contributed by atoms with van der Waals surface area (Å²) >= 11 is 18.2. The van der Waals surface area contributed by atoms with Gasteiger partial charge in [0, 0.05) is 10.7 Å². The Morgan fingerprint density at radius 2 is 1.95 bits per heavy atom. The van der Waals surface area contributed by atoms with E-state index in [0.29, 0.717) is 11.6 Å². The Kier molecular flexibility index (Phi) is 4.74. The average molecular weight is 335 g/mol. The predicted molar refractivity (Wildman–Crippen MR) is 83.6 cm³/mol. The number of hydrogen-bond acceptors (Lipinski definition) is 2. The summed E-state index contributed by atoms with van der Waals surface area (Å²) in [6.45, 7) is 2.38. The molecule has 0 amide bonds. The van der Waals surface area contributed by atoms with E-state index >= 15 is 0 Å². The van der Waals surface area contributed by atoms with E-state index in [4.69, 9.17) is 34.8 Å². The third-order valence-corrected chi connectivity index (χ3v) is 4.17. The molecule has 100 valence electrons. The van der Waals surface area contributed by atoms with Crippen molar-refractivity contribution in [2.24, 2.45) is 0 Å². The van der Waals surface area contributed by atoms with Gasteiger partial charge in [-0.15, -0.1) is 0 Å². The van der Waals surface area contributed by atoms with Gasteiger partial charge in [-0.2, -0.15) is 0 Å². The van der Waals surface area contributed by atoms with Gasteiger partial charge in [0.1, 0.15) is 4.49 Å². The molecular formula is C13H10Cl3NOS. The minimum atomic E-state index is -0.0340. The Balaban J connectivity index is 2.36. The van der Waals surface area contributed by atoms with Crippen molar-refractivity contribution in [2.45, 2.75) is 13.5 Å². The Morgan fingerprint density at radius 1 is 1.32 bits per heavy atom. The second-order valence-electron chi connectivity index (χ2n) is 3.96. The van der Waals surface area contributed by atoms with E-state index < -0.39 is 0 Å². The summed E-state index contributed by atoms with van der Waals surface area (Å²) in [5.74, 6) is 0. The Bertz CT molecular complexity index is 666. The van der Waals surface area contributed by atoms with Gasteiger partial charge < -0.3 is 0 Å². The number of nitrogens with zero attached hydrogens (tertiary/aromatic N) is 1. The number of benzene rings is 1. The highest BCUT2D eigenvalue weighted by Crippen LogP contribution is 2.20. The molecule has 1 heterocycles. The lowest BCUT2D eigenvalue weighted by Crippen LogP contribution is -2.15. The molecule has 0 unspecified atom stereocenters. The van der Waals surface area contributed by atoms with Crippen LogP contribution in [0.15, 0.2) is 33.6 Å². The zero-order valence-corrected chi connectivity index (χ0v) is 13.1. The third kappa shape index (κ3) is 3.63. The van der Waals surface area contributed by atoms with Gasteiger partial charge in [0.15, 0.2) is 0 Å². The molecule has 0 aliphatic heterocycles. The Labute approximate surface area is 129 Å². The van der Waals surface area contributed by atoms with Crippen LogP contribution < -0.4 is 4.87 Å². The molecule has 0 aliphatic rings. The van der Waals surface area contributed by atoms with Gasteiger partial charge in [0.25, 0.3) is 0 Å². The molecule has 0 spiro atoms. The number of halogens is 3. The van der Waals surface area contributed by atoms with Crippen molar-refractivity contribution >= 4 is 52.2 Å². The van der Waals surface area contributed by atoms with Gasteiger partial charge in [0.2, 0.25) is 0 Å². The van der Waals surface area contributed by atoms with E-state index in [1.54, 1.807) is 22.8 Å². The molecule has 2 nitrogen and oxygen atoms in total. The predicted octanol–water partition coefficient (Wildman–Crippen LogP) is 4.70. The fourth-order valence-electron chi connectivity index (χ4n) is 1.68. The van der Waals surface area contributed by atoms with Crippen molar-refractivity contribution in [3.8, 4) is 0 Å². The molecule has 0 saturated heterocycles. The van der Waals surface area contributed by atoms with E-state index in [0.717, 1.165) is 27.5 Å². The average Bonchev–Trinajstić information content (AvgIpc) is 2.59. The van der Waals surface area contributed by atoms with Crippen molar-refractivity contribution in [2.75, 3.05) is 0 Å². The van der Waals surface area contributed by atoms with Crippen LogP contribution in [0.4, 0.5) is 0 Å². The summed E-state index contributed by atoms with van der Waals surface area (Å²) in [6.07, 6.45) is 1.59. The number of thiazole rings is 1. The van der Waals surface area contributed by atoms with Crippen LogP contribution in [-0.4, -0.2) is 4.57 Å².